The molecule has 1 saturated heterocycles. The number of ether oxygens (including phenoxy) is 1. The van der Waals surface area contributed by atoms with Crippen LogP contribution in [0, 0.1) is 0 Å². The molecule has 168 valence electrons. The Labute approximate surface area is 189 Å². The van der Waals surface area contributed by atoms with Crippen molar-refractivity contribution in [3.8, 4) is 0 Å². The number of carbonyl (C=O) groups is 1. The van der Waals surface area contributed by atoms with Crippen molar-refractivity contribution >= 4 is 33.2 Å². The van der Waals surface area contributed by atoms with E-state index in [1.165, 1.54) is 26.2 Å². The van der Waals surface area contributed by atoms with Crippen molar-refractivity contribution in [3.63, 3.8) is 0 Å². The second-order valence-electron chi connectivity index (χ2n) is 7.90. The van der Waals surface area contributed by atoms with Gasteiger partial charge in [0.05, 0.1) is 23.3 Å². The van der Waals surface area contributed by atoms with Crippen molar-refractivity contribution in [1.82, 2.24) is 9.21 Å². The number of halogens is 1. The van der Waals surface area contributed by atoms with Crippen molar-refractivity contribution in [2.75, 3.05) is 32.5 Å². The van der Waals surface area contributed by atoms with Crippen LogP contribution >= 0.6 is 11.6 Å². The molecule has 1 aliphatic heterocycles. The summed E-state index contributed by atoms with van der Waals surface area (Å²) >= 11 is 6.10. The summed E-state index contributed by atoms with van der Waals surface area (Å²) in [5.74, 6) is -0.226. The van der Waals surface area contributed by atoms with Crippen molar-refractivity contribution < 1.29 is 17.9 Å². The van der Waals surface area contributed by atoms with E-state index in [1.807, 2.05) is 44.2 Å². The molecule has 0 saturated carbocycles. The first kappa shape index (κ1) is 23.7. The molecule has 3 atom stereocenters. The molecule has 2 aromatic carbocycles. The molecule has 7 nitrogen and oxygen atoms in total. The van der Waals surface area contributed by atoms with Gasteiger partial charge in [0.2, 0.25) is 15.9 Å². The summed E-state index contributed by atoms with van der Waals surface area (Å²) in [5, 5.41) is 2.93. The van der Waals surface area contributed by atoms with E-state index in [0.29, 0.717) is 18.8 Å². The minimum absolute atomic E-state index is 0.0263. The zero-order chi connectivity index (χ0) is 22.8. The minimum atomic E-state index is -3.73. The van der Waals surface area contributed by atoms with Gasteiger partial charge in [-0.15, -0.1) is 0 Å². The number of nitrogens with zero attached hydrogens (tertiary/aromatic N) is 2. The lowest BCUT2D eigenvalue weighted by Crippen LogP contribution is -2.51. The van der Waals surface area contributed by atoms with Gasteiger partial charge in [0, 0.05) is 32.9 Å². The molecule has 9 heteroatoms. The highest BCUT2D eigenvalue weighted by Gasteiger charge is 2.32. The van der Waals surface area contributed by atoms with E-state index in [9.17, 15) is 13.2 Å². The Balaban J connectivity index is 1.74. The SMILES string of the molecule is CC1CN(C(C)C(=O)Nc2ccc(Cl)c(S(=O)(=O)N(C)C)c2)CC(c2ccccc2)O1. The van der Waals surface area contributed by atoms with E-state index in [1.54, 1.807) is 6.07 Å². The molecule has 1 amide bonds. The highest BCUT2D eigenvalue weighted by molar-refractivity contribution is 7.89. The average molecular weight is 466 g/mol. The molecule has 1 N–H and O–H groups in total. The predicted molar refractivity (Wildman–Crippen MR) is 122 cm³/mol. The Kier molecular flexibility index (Phi) is 7.39. The maximum atomic E-state index is 13.0. The van der Waals surface area contributed by atoms with Crippen LogP contribution in [0.5, 0.6) is 0 Å². The van der Waals surface area contributed by atoms with Crippen LogP contribution in [0.2, 0.25) is 5.02 Å². The number of nitrogens with one attached hydrogen (secondary N) is 1. The number of sulfonamides is 1. The van der Waals surface area contributed by atoms with Crippen molar-refractivity contribution in [3.05, 3.63) is 59.1 Å². The maximum absolute atomic E-state index is 13.0. The average Bonchev–Trinajstić information content (AvgIpc) is 2.74. The zero-order valence-corrected chi connectivity index (χ0v) is 19.7. The van der Waals surface area contributed by atoms with E-state index in [2.05, 4.69) is 10.2 Å². The second kappa shape index (κ2) is 9.67. The fraction of sp³-hybridized carbons (Fsp3) is 0.409. The monoisotopic (exact) mass is 465 g/mol. The maximum Gasteiger partial charge on any atom is 0.244 e. The molecule has 3 rings (SSSR count). The third-order valence-corrected chi connectivity index (χ3v) is 7.64. The van der Waals surface area contributed by atoms with Gasteiger partial charge < -0.3 is 10.1 Å². The van der Waals surface area contributed by atoms with Gasteiger partial charge in [-0.05, 0) is 37.6 Å². The molecule has 0 spiro atoms. The van der Waals surface area contributed by atoms with Crippen LogP contribution in [0.1, 0.15) is 25.5 Å². The number of morpholine rings is 1. The topological polar surface area (TPSA) is 79.0 Å². The number of hydrogen-bond acceptors (Lipinski definition) is 5. The molecule has 3 unspecified atom stereocenters. The summed E-state index contributed by atoms with van der Waals surface area (Å²) in [5.41, 5.74) is 1.45. The van der Waals surface area contributed by atoms with Gasteiger partial charge >= 0.3 is 0 Å². The molecule has 0 aromatic heterocycles. The summed E-state index contributed by atoms with van der Waals surface area (Å²) < 4.78 is 32.1. The molecule has 31 heavy (non-hydrogen) atoms. The van der Waals surface area contributed by atoms with Crippen LogP contribution in [0.25, 0.3) is 0 Å². The molecule has 2 aromatic rings. The van der Waals surface area contributed by atoms with Crippen LogP contribution in [0.4, 0.5) is 5.69 Å². The molecule has 1 aliphatic rings. The molecule has 0 radical (unpaired) electrons. The van der Waals surface area contributed by atoms with E-state index in [0.717, 1.165) is 9.87 Å². The van der Waals surface area contributed by atoms with E-state index >= 15 is 0 Å². The first-order valence-electron chi connectivity index (χ1n) is 10.1. The number of benzene rings is 2. The first-order valence-corrected chi connectivity index (χ1v) is 11.9. The highest BCUT2D eigenvalue weighted by atomic mass is 35.5. The smallest absolute Gasteiger partial charge is 0.244 e. The lowest BCUT2D eigenvalue weighted by Gasteiger charge is -2.39. The largest absolute Gasteiger partial charge is 0.368 e. The summed E-state index contributed by atoms with van der Waals surface area (Å²) in [6.07, 6.45) is -0.144. The summed E-state index contributed by atoms with van der Waals surface area (Å²) in [7, 11) is -0.864. The fourth-order valence-corrected chi connectivity index (χ4v) is 4.93. The van der Waals surface area contributed by atoms with E-state index < -0.39 is 16.1 Å². The summed E-state index contributed by atoms with van der Waals surface area (Å²) in [4.78, 5) is 15.0. The van der Waals surface area contributed by atoms with Gasteiger partial charge in [-0.1, -0.05) is 41.9 Å². The Bertz CT molecular complexity index is 1030. The van der Waals surface area contributed by atoms with Crippen LogP contribution in [-0.4, -0.2) is 62.9 Å². The van der Waals surface area contributed by atoms with Gasteiger partial charge in [-0.25, -0.2) is 12.7 Å². The Morgan fingerprint density at radius 2 is 1.87 bits per heavy atom. The number of anilines is 1. The van der Waals surface area contributed by atoms with Crippen LogP contribution < -0.4 is 5.32 Å². The number of carbonyl (C=O) groups excluding carboxylic acids is 1. The molecular weight excluding hydrogens is 438 g/mol. The van der Waals surface area contributed by atoms with Gasteiger partial charge in [-0.2, -0.15) is 0 Å². The third-order valence-electron chi connectivity index (χ3n) is 5.34. The van der Waals surface area contributed by atoms with Gasteiger partial charge in [-0.3, -0.25) is 9.69 Å². The molecule has 1 fully saturated rings. The van der Waals surface area contributed by atoms with E-state index in [-0.39, 0.29) is 28.0 Å². The predicted octanol–water partition coefficient (Wildman–Crippen LogP) is 3.38. The van der Waals surface area contributed by atoms with Gasteiger partial charge in [0.1, 0.15) is 4.90 Å². The highest BCUT2D eigenvalue weighted by Crippen LogP contribution is 2.28. The van der Waals surface area contributed by atoms with Crippen LogP contribution in [0.15, 0.2) is 53.4 Å². The molecular formula is C22H28ClN3O4S. The third kappa shape index (κ3) is 5.45. The Hall–Kier alpha value is -1.97. The summed E-state index contributed by atoms with van der Waals surface area (Å²) in [6.45, 7) is 5.04. The van der Waals surface area contributed by atoms with E-state index in [4.69, 9.17) is 16.3 Å². The fourth-order valence-electron chi connectivity index (χ4n) is 3.54. The van der Waals surface area contributed by atoms with Gasteiger partial charge in [0.25, 0.3) is 0 Å². The number of amides is 1. The molecule has 0 bridgehead atoms. The van der Waals surface area contributed by atoms with Gasteiger partial charge in [0.15, 0.2) is 0 Å². The molecule has 1 heterocycles. The van der Waals surface area contributed by atoms with Crippen LogP contribution in [-0.2, 0) is 19.6 Å². The normalized spacial score (nSPS) is 21.1. The number of rotatable bonds is 6. The van der Waals surface area contributed by atoms with Crippen molar-refractivity contribution in [2.45, 2.75) is 37.0 Å². The Morgan fingerprint density at radius 1 is 1.19 bits per heavy atom. The second-order valence-corrected chi connectivity index (χ2v) is 10.4. The quantitative estimate of drug-likeness (QED) is 0.707. The standard InChI is InChI=1S/C22H28ClN3O4S/c1-15-13-26(14-20(30-15)17-8-6-5-7-9-17)16(2)22(27)24-18-10-11-19(23)21(12-18)31(28,29)25(3)4/h5-12,15-16,20H,13-14H2,1-4H3,(H,24,27). The lowest BCUT2D eigenvalue weighted by atomic mass is 10.1. The molecule has 0 aliphatic carbocycles. The van der Waals surface area contributed by atoms with Crippen LogP contribution in [0.3, 0.4) is 0 Å². The number of hydrogen-bond donors (Lipinski definition) is 1. The van der Waals surface area contributed by atoms with Crippen molar-refractivity contribution in [1.29, 1.82) is 0 Å². The first-order chi connectivity index (χ1) is 14.6. The zero-order valence-electron chi connectivity index (χ0n) is 18.1. The summed E-state index contributed by atoms with van der Waals surface area (Å²) in [6, 6.07) is 14.0. The van der Waals surface area contributed by atoms with Crippen molar-refractivity contribution in [2.24, 2.45) is 0 Å². The minimum Gasteiger partial charge on any atom is -0.368 e. The Morgan fingerprint density at radius 3 is 2.52 bits per heavy atom. The lowest BCUT2D eigenvalue weighted by molar-refractivity contribution is -0.128.